The number of aliphatic hydroxyl groups excluding tert-OH is 1. The molecule has 1 saturated carbocycles. The van der Waals surface area contributed by atoms with Crippen LogP contribution in [-0.2, 0) is 0 Å². The van der Waals surface area contributed by atoms with Crippen molar-refractivity contribution in [1.82, 2.24) is 15.3 Å². The highest BCUT2D eigenvalue weighted by atomic mass is 19.4. The second kappa shape index (κ2) is 8.73. The standard InChI is InChI=1S/C19H19F4N3O3/c20-13-5-3-12(4-6-13)16-18(29-10-19(21,22)23)25-9-15(26-16)17(28)24-8-14(27)7-11-1-2-11/h3-6,9,11,14,27H,1-2,7-8,10H2,(H,24,28)/t14-/m1/s1. The summed E-state index contributed by atoms with van der Waals surface area (Å²) in [6, 6.07) is 4.79. The van der Waals surface area contributed by atoms with Crippen molar-refractivity contribution in [3.63, 3.8) is 0 Å². The Hall–Kier alpha value is -2.75. The minimum absolute atomic E-state index is 0.0230. The number of hydrogen-bond acceptors (Lipinski definition) is 5. The molecular weight excluding hydrogens is 394 g/mol. The maximum absolute atomic E-state index is 13.2. The number of ether oxygens (including phenoxy) is 1. The number of aromatic nitrogens is 2. The average molecular weight is 413 g/mol. The van der Waals surface area contributed by atoms with Gasteiger partial charge < -0.3 is 15.2 Å². The Morgan fingerprint density at radius 1 is 1.28 bits per heavy atom. The van der Waals surface area contributed by atoms with Crippen LogP contribution in [-0.4, -0.2) is 46.4 Å². The number of amides is 1. The molecule has 1 heterocycles. The van der Waals surface area contributed by atoms with E-state index in [-0.39, 0.29) is 23.5 Å². The number of alkyl halides is 3. The monoisotopic (exact) mass is 413 g/mol. The Kier molecular flexibility index (Phi) is 6.31. The number of benzene rings is 1. The first-order chi connectivity index (χ1) is 13.7. The van der Waals surface area contributed by atoms with Gasteiger partial charge in [-0.15, -0.1) is 0 Å². The number of halogens is 4. The molecule has 0 spiro atoms. The van der Waals surface area contributed by atoms with Crippen molar-refractivity contribution >= 4 is 5.91 Å². The summed E-state index contributed by atoms with van der Waals surface area (Å²) in [6.07, 6.45) is -1.56. The third-order valence-electron chi connectivity index (χ3n) is 4.26. The molecule has 10 heteroatoms. The molecule has 0 bridgehead atoms. The van der Waals surface area contributed by atoms with Crippen molar-refractivity contribution in [3.05, 3.63) is 42.0 Å². The summed E-state index contributed by atoms with van der Waals surface area (Å²) in [5, 5.41) is 12.4. The lowest BCUT2D eigenvalue weighted by molar-refractivity contribution is -0.154. The predicted octanol–water partition coefficient (Wildman–Crippen LogP) is 3.11. The maximum atomic E-state index is 13.2. The minimum atomic E-state index is -4.59. The van der Waals surface area contributed by atoms with Gasteiger partial charge in [0.25, 0.3) is 5.91 Å². The Bertz CT molecular complexity index is 855. The third kappa shape index (κ3) is 6.38. The number of aliphatic hydroxyl groups is 1. The molecule has 1 aliphatic carbocycles. The van der Waals surface area contributed by atoms with Crippen molar-refractivity contribution in [2.75, 3.05) is 13.2 Å². The molecule has 3 rings (SSSR count). The quantitative estimate of drug-likeness (QED) is 0.650. The molecule has 1 aromatic heterocycles. The van der Waals surface area contributed by atoms with E-state index in [0.29, 0.717) is 12.3 Å². The zero-order chi connectivity index (χ0) is 21.0. The van der Waals surface area contributed by atoms with Crippen LogP contribution in [0.25, 0.3) is 11.3 Å². The molecule has 2 N–H and O–H groups in total. The highest BCUT2D eigenvalue weighted by molar-refractivity contribution is 5.92. The van der Waals surface area contributed by atoms with E-state index in [1.165, 1.54) is 12.1 Å². The molecular formula is C19H19F4N3O3. The van der Waals surface area contributed by atoms with Crippen LogP contribution in [0.1, 0.15) is 29.8 Å². The van der Waals surface area contributed by atoms with Crippen LogP contribution in [0.2, 0.25) is 0 Å². The second-order valence-electron chi connectivity index (χ2n) is 6.86. The Morgan fingerprint density at radius 3 is 2.59 bits per heavy atom. The molecule has 1 aliphatic rings. The molecule has 0 saturated heterocycles. The van der Waals surface area contributed by atoms with E-state index in [0.717, 1.165) is 31.2 Å². The van der Waals surface area contributed by atoms with Gasteiger partial charge in [0.1, 0.15) is 17.2 Å². The van der Waals surface area contributed by atoms with E-state index in [4.69, 9.17) is 4.74 Å². The van der Waals surface area contributed by atoms with Crippen LogP contribution in [0.5, 0.6) is 5.88 Å². The van der Waals surface area contributed by atoms with Gasteiger partial charge in [-0.1, -0.05) is 12.8 Å². The van der Waals surface area contributed by atoms with Crippen LogP contribution in [0.15, 0.2) is 30.5 Å². The summed E-state index contributed by atoms with van der Waals surface area (Å²) in [4.78, 5) is 20.1. The number of nitrogens with zero attached hydrogens (tertiary/aromatic N) is 2. The maximum Gasteiger partial charge on any atom is 0.422 e. The van der Waals surface area contributed by atoms with E-state index in [9.17, 15) is 27.5 Å². The fourth-order valence-electron chi connectivity index (χ4n) is 2.66. The topological polar surface area (TPSA) is 84.3 Å². The molecule has 1 aromatic carbocycles. The van der Waals surface area contributed by atoms with Crippen LogP contribution >= 0.6 is 0 Å². The fourth-order valence-corrected chi connectivity index (χ4v) is 2.66. The molecule has 1 fully saturated rings. The molecule has 2 aromatic rings. The highest BCUT2D eigenvalue weighted by Gasteiger charge is 2.30. The molecule has 29 heavy (non-hydrogen) atoms. The summed E-state index contributed by atoms with van der Waals surface area (Å²) >= 11 is 0. The first kappa shape index (κ1) is 21.0. The van der Waals surface area contributed by atoms with Crippen LogP contribution in [0, 0.1) is 11.7 Å². The van der Waals surface area contributed by atoms with Gasteiger partial charge in [0.05, 0.1) is 12.3 Å². The lowest BCUT2D eigenvalue weighted by atomic mass is 10.1. The first-order valence-corrected chi connectivity index (χ1v) is 9.00. The molecule has 0 unspecified atom stereocenters. The summed E-state index contributed by atoms with van der Waals surface area (Å²) in [5.41, 5.74) is -0.0535. The number of rotatable bonds is 8. The lowest BCUT2D eigenvalue weighted by Crippen LogP contribution is -2.33. The zero-order valence-corrected chi connectivity index (χ0v) is 15.2. The van der Waals surface area contributed by atoms with Crippen LogP contribution in [0.3, 0.4) is 0 Å². The lowest BCUT2D eigenvalue weighted by Gasteiger charge is -2.14. The summed E-state index contributed by atoms with van der Waals surface area (Å²) in [7, 11) is 0. The average Bonchev–Trinajstić information content (AvgIpc) is 3.48. The molecule has 1 atom stereocenters. The van der Waals surface area contributed by atoms with Gasteiger partial charge in [-0.3, -0.25) is 4.79 Å². The number of hydrogen-bond donors (Lipinski definition) is 2. The highest BCUT2D eigenvalue weighted by Crippen LogP contribution is 2.33. The number of nitrogens with one attached hydrogen (secondary N) is 1. The predicted molar refractivity (Wildman–Crippen MR) is 94.7 cm³/mol. The number of carbonyl (C=O) groups excluding carboxylic acids is 1. The van der Waals surface area contributed by atoms with E-state index < -0.39 is 36.5 Å². The van der Waals surface area contributed by atoms with Crippen molar-refractivity contribution in [2.45, 2.75) is 31.5 Å². The summed E-state index contributed by atoms with van der Waals surface area (Å²) in [5.74, 6) is -1.13. The van der Waals surface area contributed by atoms with Gasteiger partial charge in [0.15, 0.2) is 6.61 Å². The SMILES string of the molecule is O=C(NC[C@H](O)CC1CC1)c1cnc(OCC(F)(F)F)c(-c2ccc(F)cc2)n1. The third-order valence-corrected chi connectivity index (χ3v) is 4.26. The van der Waals surface area contributed by atoms with Crippen molar-refractivity contribution in [2.24, 2.45) is 5.92 Å². The molecule has 0 aliphatic heterocycles. The molecule has 6 nitrogen and oxygen atoms in total. The van der Waals surface area contributed by atoms with E-state index >= 15 is 0 Å². The van der Waals surface area contributed by atoms with E-state index in [2.05, 4.69) is 15.3 Å². The van der Waals surface area contributed by atoms with Gasteiger partial charge in [-0.05, 0) is 36.6 Å². The normalized spacial score (nSPS) is 15.1. The Morgan fingerprint density at radius 2 is 1.97 bits per heavy atom. The largest absolute Gasteiger partial charge is 0.466 e. The van der Waals surface area contributed by atoms with E-state index in [1.54, 1.807) is 0 Å². The van der Waals surface area contributed by atoms with Crippen LogP contribution < -0.4 is 10.1 Å². The van der Waals surface area contributed by atoms with E-state index in [1.807, 2.05) is 0 Å². The van der Waals surface area contributed by atoms with Gasteiger partial charge in [-0.2, -0.15) is 13.2 Å². The van der Waals surface area contributed by atoms with Crippen molar-refractivity contribution < 1.29 is 32.2 Å². The molecule has 1 amide bonds. The summed E-state index contributed by atoms with van der Waals surface area (Å²) < 4.78 is 55.4. The smallest absolute Gasteiger partial charge is 0.422 e. The second-order valence-corrected chi connectivity index (χ2v) is 6.86. The number of carbonyl (C=O) groups is 1. The Balaban J connectivity index is 1.78. The first-order valence-electron chi connectivity index (χ1n) is 9.00. The van der Waals surface area contributed by atoms with Crippen LogP contribution in [0.4, 0.5) is 17.6 Å². The Labute approximate surface area is 163 Å². The van der Waals surface area contributed by atoms with Gasteiger partial charge in [0.2, 0.25) is 5.88 Å². The van der Waals surface area contributed by atoms with Crippen molar-refractivity contribution in [1.29, 1.82) is 0 Å². The fraction of sp³-hybridized carbons (Fsp3) is 0.421. The summed E-state index contributed by atoms with van der Waals surface area (Å²) in [6.45, 7) is -1.57. The minimum Gasteiger partial charge on any atom is -0.466 e. The molecule has 0 radical (unpaired) electrons. The van der Waals surface area contributed by atoms with Crippen molar-refractivity contribution in [3.8, 4) is 17.1 Å². The van der Waals surface area contributed by atoms with Gasteiger partial charge in [-0.25, -0.2) is 14.4 Å². The zero-order valence-electron chi connectivity index (χ0n) is 15.2. The van der Waals surface area contributed by atoms with Gasteiger partial charge >= 0.3 is 6.18 Å². The van der Waals surface area contributed by atoms with Gasteiger partial charge in [0, 0.05) is 12.1 Å². The molecule has 156 valence electrons.